The molecule has 86 valence electrons. The second-order valence-corrected chi connectivity index (χ2v) is 4.09. The van der Waals surface area contributed by atoms with E-state index in [2.05, 4.69) is 5.16 Å². The van der Waals surface area contributed by atoms with Gasteiger partial charge < -0.3 is 15.3 Å². The Labute approximate surface area is 95.0 Å². The summed E-state index contributed by atoms with van der Waals surface area (Å²) in [5, 5.41) is 3.99. The summed E-state index contributed by atoms with van der Waals surface area (Å²) in [5.41, 5.74) is 7.14. The molecule has 4 heteroatoms. The molecule has 1 aliphatic heterocycles. The zero-order valence-electron chi connectivity index (χ0n) is 9.56. The van der Waals surface area contributed by atoms with Crippen LogP contribution in [0, 0.1) is 0 Å². The number of benzene rings is 1. The maximum absolute atomic E-state index is 5.55. The maximum Gasteiger partial charge on any atom is 0.165 e. The van der Waals surface area contributed by atoms with Crippen LogP contribution in [-0.4, -0.2) is 19.4 Å². The van der Waals surface area contributed by atoms with Crippen LogP contribution in [0.15, 0.2) is 29.4 Å². The Hall–Kier alpha value is -1.55. The van der Waals surface area contributed by atoms with Crippen molar-refractivity contribution in [2.75, 3.05) is 13.7 Å². The molecule has 2 rings (SSSR count). The number of rotatable bonds is 3. The van der Waals surface area contributed by atoms with Crippen molar-refractivity contribution >= 4 is 5.71 Å². The summed E-state index contributed by atoms with van der Waals surface area (Å²) < 4.78 is 5.12. The van der Waals surface area contributed by atoms with Crippen molar-refractivity contribution in [3.05, 3.63) is 29.8 Å². The quantitative estimate of drug-likeness (QED) is 0.842. The summed E-state index contributed by atoms with van der Waals surface area (Å²) in [4.78, 5) is 5.47. The minimum Gasteiger partial charge on any atom is -0.497 e. The van der Waals surface area contributed by atoms with Gasteiger partial charge in [0.05, 0.1) is 12.8 Å². The van der Waals surface area contributed by atoms with Gasteiger partial charge in [-0.15, -0.1) is 0 Å². The second kappa shape index (κ2) is 4.14. The predicted octanol–water partition coefficient (Wildman–Crippen LogP) is 1.65. The van der Waals surface area contributed by atoms with Gasteiger partial charge in [0.25, 0.3) is 0 Å². The lowest BCUT2D eigenvalue weighted by atomic mass is 9.91. The molecule has 4 nitrogen and oxygen atoms in total. The molecule has 0 radical (unpaired) electrons. The third-order valence-corrected chi connectivity index (χ3v) is 2.85. The Morgan fingerprint density at radius 1 is 1.44 bits per heavy atom. The molecule has 16 heavy (non-hydrogen) atoms. The molecule has 0 aliphatic carbocycles. The number of nitrogens with zero attached hydrogens (tertiary/aromatic N) is 1. The number of nitrogens with two attached hydrogens (primary N) is 1. The van der Waals surface area contributed by atoms with Crippen molar-refractivity contribution < 1.29 is 9.57 Å². The van der Waals surface area contributed by atoms with Crippen LogP contribution in [0.4, 0.5) is 0 Å². The molecule has 0 unspecified atom stereocenters. The van der Waals surface area contributed by atoms with E-state index in [0.717, 1.165) is 23.4 Å². The molecule has 1 aromatic carbocycles. The first-order valence-corrected chi connectivity index (χ1v) is 5.26. The lowest BCUT2D eigenvalue weighted by Gasteiger charge is -2.22. The second-order valence-electron chi connectivity index (χ2n) is 4.09. The van der Waals surface area contributed by atoms with Crippen LogP contribution in [0.3, 0.4) is 0 Å². The molecular formula is C12H16N2O2. The molecule has 0 aromatic heterocycles. The van der Waals surface area contributed by atoms with E-state index in [1.165, 1.54) is 0 Å². The number of ether oxygens (including phenoxy) is 1. The average molecular weight is 220 g/mol. The van der Waals surface area contributed by atoms with Crippen LogP contribution in [-0.2, 0) is 10.4 Å². The van der Waals surface area contributed by atoms with E-state index in [-0.39, 0.29) is 5.60 Å². The molecule has 0 amide bonds. The Bertz CT molecular complexity index is 400. The molecule has 2 N–H and O–H groups in total. The van der Waals surface area contributed by atoms with Gasteiger partial charge in [0.2, 0.25) is 0 Å². The standard InChI is InChI=1S/C12H16N2O2/c1-12(7-10(8-13)14-16-12)9-3-5-11(15-2)6-4-9/h3-6H,7-8,13H2,1-2H3/t12-/m1/s1. The fraction of sp³-hybridized carbons (Fsp3) is 0.417. The van der Waals surface area contributed by atoms with E-state index >= 15 is 0 Å². The van der Waals surface area contributed by atoms with Gasteiger partial charge in [0.1, 0.15) is 5.75 Å². The summed E-state index contributed by atoms with van der Waals surface area (Å²) in [6.45, 7) is 2.46. The third-order valence-electron chi connectivity index (χ3n) is 2.85. The van der Waals surface area contributed by atoms with Crippen molar-refractivity contribution in [2.24, 2.45) is 10.9 Å². The predicted molar refractivity (Wildman–Crippen MR) is 62.5 cm³/mol. The highest BCUT2D eigenvalue weighted by atomic mass is 16.7. The van der Waals surface area contributed by atoms with Gasteiger partial charge in [-0.2, -0.15) is 0 Å². The van der Waals surface area contributed by atoms with E-state index in [1.807, 2.05) is 31.2 Å². The number of methoxy groups -OCH3 is 1. The summed E-state index contributed by atoms with van der Waals surface area (Å²) in [6, 6.07) is 7.83. The highest BCUT2D eigenvalue weighted by Gasteiger charge is 2.35. The molecular weight excluding hydrogens is 204 g/mol. The van der Waals surface area contributed by atoms with Crippen molar-refractivity contribution in [3.63, 3.8) is 0 Å². The number of hydrogen-bond donors (Lipinski definition) is 1. The Morgan fingerprint density at radius 2 is 2.12 bits per heavy atom. The first kappa shape index (κ1) is 11.0. The van der Waals surface area contributed by atoms with E-state index in [4.69, 9.17) is 15.3 Å². The number of hydrogen-bond acceptors (Lipinski definition) is 4. The topological polar surface area (TPSA) is 56.8 Å². The number of oxime groups is 1. The molecule has 1 aliphatic rings. The van der Waals surface area contributed by atoms with Gasteiger partial charge in [-0.3, -0.25) is 0 Å². The largest absolute Gasteiger partial charge is 0.497 e. The summed E-state index contributed by atoms with van der Waals surface area (Å²) in [5.74, 6) is 0.838. The zero-order valence-corrected chi connectivity index (χ0v) is 9.56. The summed E-state index contributed by atoms with van der Waals surface area (Å²) in [7, 11) is 1.65. The fourth-order valence-corrected chi connectivity index (χ4v) is 1.83. The molecule has 0 saturated heterocycles. The SMILES string of the molecule is COc1ccc([C@@]2(C)CC(CN)=NO2)cc1. The van der Waals surface area contributed by atoms with Crippen molar-refractivity contribution in [1.82, 2.24) is 0 Å². The van der Waals surface area contributed by atoms with Gasteiger partial charge >= 0.3 is 0 Å². The van der Waals surface area contributed by atoms with Gasteiger partial charge in [-0.25, -0.2) is 0 Å². The molecule has 0 bridgehead atoms. The summed E-state index contributed by atoms with van der Waals surface area (Å²) in [6.07, 6.45) is 0.746. The minimum absolute atomic E-state index is 0.388. The van der Waals surface area contributed by atoms with Gasteiger partial charge in [0.15, 0.2) is 5.60 Å². The van der Waals surface area contributed by atoms with Crippen molar-refractivity contribution in [3.8, 4) is 5.75 Å². The Morgan fingerprint density at radius 3 is 2.62 bits per heavy atom. The Kier molecular flexibility index (Phi) is 2.83. The summed E-state index contributed by atoms with van der Waals surface area (Å²) >= 11 is 0. The normalized spacial score (nSPS) is 23.8. The first-order valence-electron chi connectivity index (χ1n) is 5.26. The molecule has 0 spiro atoms. The van der Waals surface area contributed by atoms with Gasteiger partial charge in [0, 0.05) is 13.0 Å². The first-order chi connectivity index (χ1) is 7.68. The Balaban J connectivity index is 2.18. The average Bonchev–Trinajstić information content (AvgIpc) is 2.73. The molecule has 1 aromatic rings. The fourth-order valence-electron chi connectivity index (χ4n) is 1.83. The third kappa shape index (κ3) is 1.88. The van der Waals surface area contributed by atoms with E-state index in [0.29, 0.717) is 6.54 Å². The van der Waals surface area contributed by atoms with Crippen molar-refractivity contribution in [2.45, 2.75) is 18.9 Å². The molecule has 1 heterocycles. The maximum atomic E-state index is 5.55. The zero-order chi connectivity index (χ0) is 11.6. The van der Waals surface area contributed by atoms with Crippen LogP contribution >= 0.6 is 0 Å². The lowest BCUT2D eigenvalue weighted by molar-refractivity contribution is -0.00741. The molecule has 0 fully saturated rings. The van der Waals surface area contributed by atoms with E-state index < -0.39 is 0 Å². The monoisotopic (exact) mass is 220 g/mol. The van der Waals surface area contributed by atoms with Crippen molar-refractivity contribution in [1.29, 1.82) is 0 Å². The molecule has 0 saturated carbocycles. The van der Waals surface area contributed by atoms with Crippen LogP contribution in [0.25, 0.3) is 0 Å². The highest BCUT2D eigenvalue weighted by Crippen LogP contribution is 2.34. The van der Waals surface area contributed by atoms with Crippen LogP contribution in [0.2, 0.25) is 0 Å². The van der Waals surface area contributed by atoms with E-state index in [1.54, 1.807) is 7.11 Å². The van der Waals surface area contributed by atoms with Gasteiger partial charge in [-0.1, -0.05) is 17.3 Å². The lowest BCUT2D eigenvalue weighted by Crippen LogP contribution is -2.23. The molecule has 1 atom stereocenters. The van der Waals surface area contributed by atoms with E-state index in [9.17, 15) is 0 Å². The van der Waals surface area contributed by atoms with Crippen LogP contribution in [0.5, 0.6) is 5.75 Å². The van der Waals surface area contributed by atoms with Crippen LogP contribution < -0.4 is 10.5 Å². The van der Waals surface area contributed by atoms with Gasteiger partial charge in [-0.05, 0) is 24.6 Å². The minimum atomic E-state index is -0.388. The van der Waals surface area contributed by atoms with Crippen LogP contribution in [0.1, 0.15) is 18.9 Å². The highest BCUT2D eigenvalue weighted by molar-refractivity contribution is 5.87. The smallest absolute Gasteiger partial charge is 0.165 e.